The lowest BCUT2D eigenvalue weighted by molar-refractivity contribution is 0.102. The van der Waals surface area contributed by atoms with Crippen LogP contribution >= 0.6 is 0 Å². The second kappa shape index (κ2) is 4.93. The van der Waals surface area contributed by atoms with Gasteiger partial charge in [0.2, 0.25) is 0 Å². The van der Waals surface area contributed by atoms with Gasteiger partial charge in [0.1, 0.15) is 5.75 Å². The van der Waals surface area contributed by atoms with E-state index in [4.69, 9.17) is 15.2 Å². The van der Waals surface area contributed by atoms with Gasteiger partial charge >= 0.3 is 0 Å². The zero-order valence-electron chi connectivity index (χ0n) is 11.6. The molecule has 2 aliphatic rings. The molecule has 4 nitrogen and oxygen atoms in total. The molecule has 1 aromatic rings. The molecule has 0 spiro atoms. The Hall–Kier alpha value is -1.42. The van der Waals surface area contributed by atoms with E-state index in [1.807, 2.05) is 32.0 Å². The minimum atomic E-state index is 0.153. The summed E-state index contributed by atoms with van der Waals surface area (Å²) in [5.74, 6) is 0.821. The summed E-state index contributed by atoms with van der Waals surface area (Å²) in [6.45, 7) is 4.03. The zero-order valence-corrected chi connectivity index (χ0v) is 11.6. The average Bonchev–Trinajstić information content (AvgIpc) is 2.88. The van der Waals surface area contributed by atoms with Gasteiger partial charge in [-0.25, -0.2) is 0 Å². The minimum absolute atomic E-state index is 0.153. The van der Waals surface area contributed by atoms with Crippen LogP contribution in [0.25, 0.3) is 0 Å². The lowest BCUT2D eigenvalue weighted by Crippen LogP contribution is -2.30. The summed E-state index contributed by atoms with van der Waals surface area (Å²) < 4.78 is 11.6. The smallest absolute Gasteiger partial charge is 0.123 e. The molecule has 0 aromatic heterocycles. The number of rotatable bonds is 4. The second-order valence-corrected chi connectivity index (χ2v) is 5.82. The molecule has 2 saturated heterocycles. The Morgan fingerprint density at radius 1 is 1.32 bits per heavy atom. The van der Waals surface area contributed by atoms with Crippen LogP contribution in [0.15, 0.2) is 18.2 Å². The lowest BCUT2D eigenvalue weighted by Gasteiger charge is -2.22. The van der Waals surface area contributed by atoms with E-state index in [9.17, 15) is 0 Å². The van der Waals surface area contributed by atoms with Crippen LogP contribution in [0.5, 0.6) is 5.75 Å². The molecule has 2 fully saturated rings. The summed E-state index contributed by atoms with van der Waals surface area (Å²) in [5.41, 5.74) is 7.69. The summed E-state index contributed by atoms with van der Waals surface area (Å²) in [7, 11) is 0. The number of nitrogen functional groups attached to an aromatic ring is 1. The molecular formula is C15H22N2O2. The van der Waals surface area contributed by atoms with Crippen LogP contribution in [-0.4, -0.2) is 24.4 Å². The van der Waals surface area contributed by atoms with E-state index in [0.717, 1.165) is 23.5 Å². The maximum Gasteiger partial charge on any atom is 0.123 e. The zero-order chi connectivity index (χ0) is 13.4. The van der Waals surface area contributed by atoms with Gasteiger partial charge in [0.25, 0.3) is 0 Å². The highest BCUT2D eigenvalue weighted by molar-refractivity contribution is 5.59. The number of ether oxygens (including phenoxy) is 2. The molecule has 2 aliphatic heterocycles. The number of hydrogen-bond acceptors (Lipinski definition) is 4. The van der Waals surface area contributed by atoms with E-state index >= 15 is 0 Å². The average molecular weight is 262 g/mol. The molecule has 0 radical (unpaired) electrons. The molecule has 0 amide bonds. The number of anilines is 2. The second-order valence-electron chi connectivity index (χ2n) is 5.82. The molecule has 4 heteroatoms. The van der Waals surface area contributed by atoms with Gasteiger partial charge in [-0.2, -0.15) is 0 Å². The fourth-order valence-electron chi connectivity index (χ4n) is 3.05. The normalized spacial score (nSPS) is 28.9. The first-order valence-corrected chi connectivity index (χ1v) is 7.09. The highest BCUT2D eigenvalue weighted by Gasteiger charge is 2.40. The third-order valence-electron chi connectivity index (χ3n) is 3.76. The van der Waals surface area contributed by atoms with Gasteiger partial charge < -0.3 is 20.5 Å². The summed E-state index contributed by atoms with van der Waals surface area (Å²) in [5, 5.41) is 3.54. The molecule has 3 rings (SSSR count). The van der Waals surface area contributed by atoms with E-state index in [-0.39, 0.29) is 6.10 Å². The van der Waals surface area contributed by atoms with E-state index in [1.54, 1.807) is 0 Å². The summed E-state index contributed by atoms with van der Waals surface area (Å²) in [6, 6.07) is 6.25. The van der Waals surface area contributed by atoms with Crippen LogP contribution in [-0.2, 0) is 4.74 Å². The van der Waals surface area contributed by atoms with Gasteiger partial charge in [-0.3, -0.25) is 0 Å². The number of nitrogens with two attached hydrogens (primary N) is 1. The van der Waals surface area contributed by atoms with Crippen LogP contribution in [0.1, 0.15) is 33.1 Å². The van der Waals surface area contributed by atoms with Gasteiger partial charge in [-0.05, 0) is 39.2 Å². The van der Waals surface area contributed by atoms with E-state index in [2.05, 4.69) is 5.32 Å². The fraction of sp³-hybridized carbons (Fsp3) is 0.600. The Kier molecular flexibility index (Phi) is 3.27. The summed E-state index contributed by atoms with van der Waals surface area (Å²) in [6.07, 6.45) is 4.44. The third kappa shape index (κ3) is 2.78. The van der Waals surface area contributed by atoms with Crippen molar-refractivity contribution in [2.75, 3.05) is 11.1 Å². The number of fused-ring (bicyclic) bond motifs is 2. The molecule has 1 aromatic carbocycles. The van der Waals surface area contributed by atoms with Crippen molar-refractivity contribution in [2.24, 2.45) is 0 Å². The number of nitrogens with one attached hydrogen (secondary N) is 1. The highest BCUT2D eigenvalue weighted by atomic mass is 16.5. The standard InChI is InChI=1S/C15H22N2O2/c1-9(2)18-13-6-10(16)5-11(7-13)17-14-8-12-3-4-15(14)19-12/h5-7,9,12,14-15,17H,3-4,8,16H2,1-2H3. The van der Waals surface area contributed by atoms with E-state index < -0.39 is 0 Å². The SMILES string of the molecule is CC(C)Oc1cc(N)cc(NC2CC3CCC2O3)c1. The molecule has 0 aliphatic carbocycles. The van der Waals surface area contributed by atoms with Crippen molar-refractivity contribution in [1.82, 2.24) is 0 Å². The molecule has 2 heterocycles. The molecule has 0 saturated carbocycles. The van der Waals surface area contributed by atoms with Crippen molar-refractivity contribution in [3.63, 3.8) is 0 Å². The Balaban J connectivity index is 1.71. The Labute approximate surface area is 114 Å². The van der Waals surface area contributed by atoms with E-state index in [1.165, 1.54) is 12.8 Å². The topological polar surface area (TPSA) is 56.5 Å². The molecule has 3 atom stereocenters. The predicted molar refractivity (Wildman–Crippen MR) is 76.5 cm³/mol. The maximum absolute atomic E-state index is 5.93. The van der Waals surface area contributed by atoms with Gasteiger partial charge in [-0.15, -0.1) is 0 Å². The molecule has 104 valence electrons. The maximum atomic E-state index is 5.93. The lowest BCUT2D eigenvalue weighted by atomic mass is 9.95. The molecule has 19 heavy (non-hydrogen) atoms. The van der Waals surface area contributed by atoms with Crippen molar-refractivity contribution in [2.45, 2.75) is 57.5 Å². The third-order valence-corrected chi connectivity index (χ3v) is 3.76. The molecular weight excluding hydrogens is 240 g/mol. The first kappa shape index (κ1) is 12.6. The quantitative estimate of drug-likeness (QED) is 0.819. The highest BCUT2D eigenvalue weighted by Crippen LogP contribution is 2.36. The van der Waals surface area contributed by atoms with Gasteiger partial charge in [0.15, 0.2) is 0 Å². The first-order valence-electron chi connectivity index (χ1n) is 7.09. The first-order chi connectivity index (χ1) is 9.10. The van der Waals surface area contributed by atoms with Gasteiger partial charge in [-0.1, -0.05) is 0 Å². The molecule has 2 bridgehead atoms. The Bertz CT molecular complexity index is 461. The summed E-state index contributed by atoms with van der Waals surface area (Å²) in [4.78, 5) is 0. The fourth-order valence-corrected chi connectivity index (χ4v) is 3.05. The Morgan fingerprint density at radius 3 is 2.79 bits per heavy atom. The largest absolute Gasteiger partial charge is 0.491 e. The van der Waals surface area contributed by atoms with Gasteiger partial charge in [0.05, 0.1) is 24.4 Å². The molecule has 3 N–H and O–H groups in total. The van der Waals surface area contributed by atoms with Crippen LogP contribution < -0.4 is 15.8 Å². The van der Waals surface area contributed by atoms with Crippen molar-refractivity contribution in [3.05, 3.63) is 18.2 Å². The number of benzene rings is 1. The van der Waals surface area contributed by atoms with Crippen LogP contribution in [0.4, 0.5) is 11.4 Å². The predicted octanol–water partition coefficient (Wildman–Crippen LogP) is 2.79. The summed E-state index contributed by atoms with van der Waals surface area (Å²) >= 11 is 0. The molecule has 3 unspecified atom stereocenters. The van der Waals surface area contributed by atoms with Gasteiger partial charge in [0, 0.05) is 23.5 Å². The van der Waals surface area contributed by atoms with Crippen molar-refractivity contribution < 1.29 is 9.47 Å². The van der Waals surface area contributed by atoms with Crippen molar-refractivity contribution in [3.8, 4) is 5.75 Å². The van der Waals surface area contributed by atoms with Crippen LogP contribution in [0, 0.1) is 0 Å². The van der Waals surface area contributed by atoms with Crippen LogP contribution in [0.2, 0.25) is 0 Å². The van der Waals surface area contributed by atoms with Crippen molar-refractivity contribution in [1.29, 1.82) is 0 Å². The minimum Gasteiger partial charge on any atom is -0.491 e. The van der Waals surface area contributed by atoms with E-state index in [0.29, 0.717) is 18.2 Å². The monoisotopic (exact) mass is 262 g/mol. The number of hydrogen-bond donors (Lipinski definition) is 2. The van der Waals surface area contributed by atoms with Crippen molar-refractivity contribution >= 4 is 11.4 Å². The van der Waals surface area contributed by atoms with Crippen LogP contribution in [0.3, 0.4) is 0 Å². The Morgan fingerprint density at radius 2 is 2.16 bits per heavy atom.